The highest BCUT2D eigenvalue weighted by atomic mass is 35.5. The zero-order chi connectivity index (χ0) is 13.9. The lowest BCUT2D eigenvalue weighted by atomic mass is 9.99. The third-order valence-electron chi connectivity index (χ3n) is 3.53. The number of hydrogen-bond acceptors (Lipinski definition) is 2. The van der Waals surface area contributed by atoms with Crippen LogP contribution in [0.15, 0.2) is 42.5 Å². The van der Waals surface area contributed by atoms with Gasteiger partial charge >= 0.3 is 0 Å². The highest BCUT2D eigenvalue weighted by Gasteiger charge is 2.18. The lowest BCUT2D eigenvalue weighted by Gasteiger charge is -2.16. The van der Waals surface area contributed by atoms with E-state index in [-0.39, 0.29) is 5.38 Å². The molecule has 0 fully saturated rings. The average Bonchev–Trinajstić information content (AvgIpc) is 2.95. The van der Waals surface area contributed by atoms with Gasteiger partial charge < -0.3 is 9.47 Å². The standard InChI is InChI=1S/C17H17ClO2/c1-2-20-16-6-4-3-5-15(16)17(18)12-7-8-13-10-19-11-14(13)9-12/h3-9,17H,2,10-11H2,1H3. The molecule has 2 aromatic carbocycles. The Morgan fingerprint density at radius 3 is 2.80 bits per heavy atom. The number of para-hydroxylation sites is 1. The van der Waals surface area contributed by atoms with Gasteiger partial charge in [-0.2, -0.15) is 0 Å². The van der Waals surface area contributed by atoms with E-state index in [4.69, 9.17) is 21.1 Å². The summed E-state index contributed by atoms with van der Waals surface area (Å²) in [6.07, 6.45) is 0. The van der Waals surface area contributed by atoms with Gasteiger partial charge in [0.1, 0.15) is 5.75 Å². The first-order chi connectivity index (χ1) is 9.79. The Hall–Kier alpha value is -1.51. The van der Waals surface area contributed by atoms with E-state index >= 15 is 0 Å². The SMILES string of the molecule is CCOc1ccccc1C(Cl)c1ccc2c(c1)COC2. The van der Waals surface area contributed by atoms with E-state index < -0.39 is 0 Å². The largest absolute Gasteiger partial charge is 0.494 e. The van der Waals surface area contributed by atoms with Crippen LogP contribution in [0, 0.1) is 0 Å². The topological polar surface area (TPSA) is 18.5 Å². The van der Waals surface area contributed by atoms with Crippen molar-refractivity contribution in [1.82, 2.24) is 0 Å². The summed E-state index contributed by atoms with van der Waals surface area (Å²) in [7, 11) is 0. The molecule has 0 saturated heterocycles. The first-order valence-electron chi connectivity index (χ1n) is 6.85. The monoisotopic (exact) mass is 288 g/mol. The number of fused-ring (bicyclic) bond motifs is 1. The Morgan fingerprint density at radius 2 is 1.95 bits per heavy atom. The van der Waals surface area contributed by atoms with Crippen molar-refractivity contribution in [3.63, 3.8) is 0 Å². The molecule has 0 spiro atoms. The molecule has 1 unspecified atom stereocenters. The van der Waals surface area contributed by atoms with E-state index in [1.807, 2.05) is 31.2 Å². The third kappa shape index (κ3) is 2.54. The summed E-state index contributed by atoms with van der Waals surface area (Å²) >= 11 is 6.65. The lowest BCUT2D eigenvalue weighted by Crippen LogP contribution is -2.00. The highest BCUT2D eigenvalue weighted by Crippen LogP contribution is 2.36. The average molecular weight is 289 g/mol. The molecule has 1 aliphatic heterocycles. The Labute approximate surface area is 124 Å². The van der Waals surface area contributed by atoms with Crippen molar-refractivity contribution in [3.05, 3.63) is 64.7 Å². The van der Waals surface area contributed by atoms with Gasteiger partial charge in [0.2, 0.25) is 0 Å². The highest BCUT2D eigenvalue weighted by molar-refractivity contribution is 6.22. The summed E-state index contributed by atoms with van der Waals surface area (Å²) < 4.78 is 11.1. The van der Waals surface area contributed by atoms with E-state index in [1.165, 1.54) is 11.1 Å². The van der Waals surface area contributed by atoms with Crippen molar-refractivity contribution in [2.45, 2.75) is 25.5 Å². The summed E-state index contributed by atoms with van der Waals surface area (Å²) in [5.74, 6) is 0.853. The summed E-state index contributed by atoms with van der Waals surface area (Å²) in [4.78, 5) is 0. The molecule has 3 heteroatoms. The minimum absolute atomic E-state index is 0.205. The molecule has 1 heterocycles. The molecule has 0 aromatic heterocycles. The van der Waals surface area contributed by atoms with Crippen LogP contribution in [0.25, 0.3) is 0 Å². The molecular weight excluding hydrogens is 272 g/mol. The van der Waals surface area contributed by atoms with Gasteiger partial charge in [0.15, 0.2) is 0 Å². The molecule has 1 atom stereocenters. The van der Waals surface area contributed by atoms with Gasteiger partial charge in [0.25, 0.3) is 0 Å². The zero-order valence-electron chi connectivity index (χ0n) is 11.4. The summed E-state index contributed by atoms with van der Waals surface area (Å²) in [6.45, 7) is 4.00. The molecule has 3 rings (SSSR count). The molecule has 2 aromatic rings. The van der Waals surface area contributed by atoms with Crippen LogP contribution in [0.5, 0.6) is 5.75 Å². The van der Waals surface area contributed by atoms with Crippen molar-refractivity contribution in [2.75, 3.05) is 6.61 Å². The first kappa shape index (κ1) is 13.5. The van der Waals surface area contributed by atoms with Gasteiger partial charge in [-0.3, -0.25) is 0 Å². The van der Waals surface area contributed by atoms with Crippen LogP contribution < -0.4 is 4.74 Å². The molecule has 0 N–H and O–H groups in total. The smallest absolute Gasteiger partial charge is 0.124 e. The van der Waals surface area contributed by atoms with Crippen molar-refractivity contribution in [2.24, 2.45) is 0 Å². The maximum absolute atomic E-state index is 6.65. The molecule has 0 aliphatic carbocycles. The van der Waals surface area contributed by atoms with Gasteiger partial charge in [-0.15, -0.1) is 11.6 Å². The second-order valence-corrected chi connectivity index (χ2v) is 5.29. The fraction of sp³-hybridized carbons (Fsp3) is 0.294. The Kier molecular flexibility index (Phi) is 3.95. The summed E-state index contributed by atoms with van der Waals surface area (Å²) in [5.41, 5.74) is 4.59. The number of ether oxygens (including phenoxy) is 2. The maximum atomic E-state index is 6.65. The van der Waals surface area contributed by atoms with Crippen LogP contribution in [0.4, 0.5) is 0 Å². The van der Waals surface area contributed by atoms with E-state index in [9.17, 15) is 0 Å². The van der Waals surface area contributed by atoms with E-state index in [0.717, 1.165) is 16.9 Å². The summed E-state index contributed by atoms with van der Waals surface area (Å²) in [6, 6.07) is 14.3. The maximum Gasteiger partial charge on any atom is 0.124 e. The van der Waals surface area contributed by atoms with Crippen molar-refractivity contribution in [1.29, 1.82) is 0 Å². The predicted molar refractivity (Wildman–Crippen MR) is 80.2 cm³/mol. The fourth-order valence-electron chi connectivity index (χ4n) is 2.51. The quantitative estimate of drug-likeness (QED) is 0.774. The van der Waals surface area contributed by atoms with Gasteiger partial charge in [0, 0.05) is 5.56 Å². The van der Waals surface area contributed by atoms with E-state index in [2.05, 4.69) is 18.2 Å². The number of benzene rings is 2. The number of hydrogen-bond donors (Lipinski definition) is 0. The second kappa shape index (κ2) is 5.86. The minimum Gasteiger partial charge on any atom is -0.494 e. The molecule has 20 heavy (non-hydrogen) atoms. The Morgan fingerprint density at radius 1 is 1.15 bits per heavy atom. The molecule has 0 bridgehead atoms. The normalized spacial score (nSPS) is 14.9. The fourth-order valence-corrected chi connectivity index (χ4v) is 2.82. The van der Waals surface area contributed by atoms with Crippen molar-refractivity contribution < 1.29 is 9.47 Å². The van der Waals surface area contributed by atoms with Crippen molar-refractivity contribution >= 4 is 11.6 Å². The number of alkyl halides is 1. The minimum atomic E-state index is -0.205. The predicted octanol–water partition coefficient (Wildman–Crippen LogP) is 4.44. The van der Waals surface area contributed by atoms with E-state index in [0.29, 0.717) is 19.8 Å². The Bertz CT molecular complexity index is 610. The van der Waals surface area contributed by atoms with Crippen LogP contribution in [0.3, 0.4) is 0 Å². The molecule has 0 amide bonds. The zero-order valence-corrected chi connectivity index (χ0v) is 12.2. The van der Waals surface area contributed by atoms with Gasteiger partial charge in [0.05, 0.1) is 25.2 Å². The number of halogens is 1. The summed E-state index contributed by atoms with van der Waals surface area (Å²) in [5, 5.41) is -0.205. The molecule has 0 saturated carbocycles. The van der Waals surface area contributed by atoms with Gasteiger partial charge in [-0.05, 0) is 29.7 Å². The van der Waals surface area contributed by atoms with E-state index in [1.54, 1.807) is 0 Å². The van der Waals surface area contributed by atoms with Crippen LogP contribution in [-0.2, 0) is 18.0 Å². The Balaban J connectivity index is 1.94. The molecule has 104 valence electrons. The van der Waals surface area contributed by atoms with Crippen LogP contribution in [0.2, 0.25) is 0 Å². The first-order valence-corrected chi connectivity index (χ1v) is 7.28. The molecule has 1 aliphatic rings. The third-order valence-corrected chi connectivity index (χ3v) is 4.02. The van der Waals surface area contributed by atoms with Crippen LogP contribution in [0.1, 0.15) is 34.6 Å². The molecule has 0 radical (unpaired) electrons. The second-order valence-electron chi connectivity index (χ2n) is 4.85. The van der Waals surface area contributed by atoms with Gasteiger partial charge in [-0.1, -0.05) is 36.4 Å². The van der Waals surface area contributed by atoms with Crippen LogP contribution in [-0.4, -0.2) is 6.61 Å². The van der Waals surface area contributed by atoms with Crippen LogP contribution >= 0.6 is 11.6 Å². The lowest BCUT2D eigenvalue weighted by molar-refractivity contribution is 0.134. The van der Waals surface area contributed by atoms with Gasteiger partial charge in [-0.25, -0.2) is 0 Å². The number of rotatable bonds is 4. The molecule has 2 nitrogen and oxygen atoms in total. The molecular formula is C17H17ClO2. The van der Waals surface area contributed by atoms with Crippen molar-refractivity contribution in [3.8, 4) is 5.75 Å².